The minimum Gasteiger partial charge on any atom is -0.309 e. The van der Waals surface area contributed by atoms with Crippen LogP contribution in [0.3, 0.4) is 0 Å². The number of para-hydroxylation sites is 1. The van der Waals surface area contributed by atoms with Gasteiger partial charge in [-0.15, -0.1) is 0 Å². The van der Waals surface area contributed by atoms with E-state index in [-0.39, 0.29) is 11.4 Å². The summed E-state index contributed by atoms with van der Waals surface area (Å²) in [4.78, 5) is 21.5. The molecule has 1 heterocycles. The van der Waals surface area contributed by atoms with E-state index in [9.17, 15) is 9.18 Å². The Morgan fingerprint density at radius 2 is 1.83 bits per heavy atom. The maximum absolute atomic E-state index is 13.8. The Morgan fingerprint density at radius 1 is 1.09 bits per heavy atom. The third kappa shape index (κ3) is 3.46. The van der Waals surface area contributed by atoms with E-state index < -0.39 is 0 Å². The van der Waals surface area contributed by atoms with Crippen molar-refractivity contribution in [2.45, 2.75) is 20.0 Å². The number of halogens is 1. The molecule has 23 heavy (non-hydrogen) atoms. The summed E-state index contributed by atoms with van der Waals surface area (Å²) in [5.41, 5.74) is 1.17. The fourth-order valence-corrected chi connectivity index (χ4v) is 2.57. The highest BCUT2D eigenvalue weighted by Crippen LogP contribution is 2.12. The monoisotopic (exact) mass is 311 g/mol. The van der Waals surface area contributed by atoms with Gasteiger partial charge in [-0.25, -0.2) is 9.37 Å². The molecule has 118 valence electrons. The average molecular weight is 311 g/mol. The van der Waals surface area contributed by atoms with Gasteiger partial charge in [-0.3, -0.25) is 9.69 Å². The van der Waals surface area contributed by atoms with Gasteiger partial charge in [-0.2, -0.15) is 0 Å². The largest absolute Gasteiger partial charge is 0.309 e. The number of nitrogens with one attached hydrogen (secondary N) is 1. The molecule has 0 spiro atoms. The number of H-pyrrole nitrogens is 1. The number of benzene rings is 2. The zero-order valence-electron chi connectivity index (χ0n) is 12.9. The molecule has 0 saturated heterocycles. The quantitative estimate of drug-likeness (QED) is 0.788. The van der Waals surface area contributed by atoms with Crippen LogP contribution in [0.4, 0.5) is 4.39 Å². The molecule has 0 bridgehead atoms. The molecule has 0 aliphatic rings. The van der Waals surface area contributed by atoms with Crippen molar-refractivity contribution in [3.05, 3.63) is 76.1 Å². The number of fused-ring (bicyclic) bond motifs is 1. The summed E-state index contributed by atoms with van der Waals surface area (Å²) in [6, 6.07) is 14.0. The van der Waals surface area contributed by atoms with Gasteiger partial charge in [0.05, 0.1) is 17.4 Å². The third-order valence-electron chi connectivity index (χ3n) is 3.83. The van der Waals surface area contributed by atoms with Crippen molar-refractivity contribution in [1.82, 2.24) is 14.9 Å². The van der Waals surface area contributed by atoms with Crippen molar-refractivity contribution in [3.63, 3.8) is 0 Å². The fraction of sp³-hybridized carbons (Fsp3) is 0.222. The van der Waals surface area contributed by atoms with Crippen LogP contribution in [0.25, 0.3) is 10.9 Å². The molecule has 0 atom stereocenters. The maximum atomic E-state index is 13.8. The minimum atomic E-state index is -0.217. The first-order valence-electron chi connectivity index (χ1n) is 7.61. The maximum Gasteiger partial charge on any atom is 0.258 e. The Labute approximate surface area is 133 Å². The minimum absolute atomic E-state index is 0.146. The van der Waals surface area contributed by atoms with Crippen LogP contribution in [0.15, 0.2) is 53.3 Å². The number of aromatic amines is 1. The summed E-state index contributed by atoms with van der Waals surface area (Å²) >= 11 is 0. The van der Waals surface area contributed by atoms with Gasteiger partial charge in [0.2, 0.25) is 0 Å². The topological polar surface area (TPSA) is 49.0 Å². The molecule has 0 aliphatic heterocycles. The number of nitrogens with zero attached hydrogens (tertiary/aromatic N) is 2. The number of hydrogen-bond donors (Lipinski definition) is 1. The van der Waals surface area contributed by atoms with Crippen LogP contribution in [0, 0.1) is 5.82 Å². The molecule has 0 saturated carbocycles. The van der Waals surface area contributed by atoms with E-state index in [1.165, 1.54) is 6.07 Å². The molecule has 2 aromatic carbocycles. The molecule has 1 N–H and O–H groups in total. The smallest absolute Gasteiger partial charge is 0.258 e. The second kappa shape index (κ2) is 6.71. The predicted molar refractivity (Wildman–Crippen MR) is 88.6 cm³/mol. The summed E-state index contributed by atoms with van der Waals surface area (Å²) in [5, 5.41) is 0.577. The second-order valence-corrected chi connectivity index (χ2v) is 5.42. The fourth-order valence-electron chi connectivity index (χ4n) is 2.57. The van der Waals surface area contributed by atoms with Crippen LogP contribution in [0.5, 0.6) is 0 Å². The molecule has 3 aromatic rings. The van der Waals surface area contributed by atoms with Gasteiger partial charge in [-0.05, 0) is 24.7 Å². The summed E-state index contributed by atoms with van der Waals surface area (Å²) < 4.78 is 13.8. The van der Waals surface area contributed by atoms with Crippen LogP contribution in [-0.4, -0.2) is 21.4 Å². The van der Waals surface area contributed by atoms with E-state index in [1.807, 2.05) is 36.1 Å². The molecule has 3 rings (SSSR count). The van der Waals surface area contributed by atoms with Gasteiger partial charge >= 0.3 is 0 Å². The van der Waals surface area contributed by atoms with Crippen LogP contribution in [0.2, 0.25) is 0 Å². The lowest BCUT2D eigenvalue weighted by Crippen LogP contribution is -2.25. The van der Waals surface area contributed by atoms with E-state index in [1.54, 1.807) is 18.2 Å². The highest BCUT2D eigenvalue weighted by molar-refractivity contribution is 5.77. The van der Waals surface area contributed by atoms with Crippen LogP contribution in [-0.2, 0) is 13.1 Å². The zero-order valence-corrected chi connectivity index (χ0v) is 12.9. The molecule has 0 fully saturated rings. The molecule has 0 unspecified atom stereocenters. The molecule has 0 amide bonds. The second-order valence-electron chi connectivity index (χ2n) is 5.42. The summed E-state index contributed by atoms with van der Waals surface area (Å²) in [6.07, 6.45) is 0. The van der Waals surface area contributed by atoms with Crippen LogP contribution in [0.1, 0.15) is 18.3 Å². The van der Waals surface area contributed by atoms with Crippen LogP contribution >= 0.6 is 0 Å². The van der Waals surface area contributed by atoms with E-state index in [0.717, 1.165) is 6.54 Å². The lowest BCUT2D eigenvalue weighted by Gasteiger charge is -2.20. The lowest BCUT2D eigenvalue weighted by atomic mass is 10.2. The van der Waals surface area contributed by atoms with Gasteiger partial charge in [0, 0.05) is 12.1 Å². The van der Waals surface area contributed by atoms with Crippen molar-refractivity contribution >= 4 is 10.9 Å². The van der Waals surface area contributed by atoms with Crippen molar-refractivity contribution in [2.75, 3.05) is 6.54 Å². The number of hydrogen-bond acceptors (Lipinski definition) is 3. The molecule has 4 nitrogen and oxygen atoms in total. The summed E-state index contributed by atoms with van der Waals surface area (Å²) in [7, 11) is 0. The predicted octanol–water partition coefficient (Wildman–Crippen LogP) is 3.08. The molecule has 0 aliphatic carbocycles. The Balaban J connectivity index is 1.84. The van der Waals surface area contributed by atoms with Crippen molar-refractivity contribution in [2.24, 2.45) is 0 Å². The molecule has 5 heteroatoms. The molecule has 0 radical (unpaired) electrons. The van der Waals surface area contributed by atoms with E-state index >= 15 is 0 Å². The van der Waals surface area contributed by atoms with E-state index in [2.05, 4.69) is 9.97 Å². The first kappa shape index (κ1) is 15.4. The Morgan fingerprint density at radius 3 is 2.61 bits per heavy atom. The molecule has 1 aromatic heterocycles. The Hall–Kier alpha value is -2.53. The Kier molecular flexibility index (Phi) is 4.48. The van der Waals surface area contributed by atoms with Gasteiger partial charge in [0.25, 0.3) is 5.56 Å². The Bertz CT molecular complexity index is 875. The van der Waals surface area contributed by atoms with Crippen LogP contribution < -0.4 is 5.56 Å². The lowest BCUT2D eigenvalue weighted by molar-refractivity contribution is 0.260. The van der Waals surface area contributed by atoms with Gasteiger partial charge in [0.15, 0.2) is 0 Å². The third-order valence-corrected chi connectivity index (χ3v) is 3.83. The first-order chi connectivity index (χ1) is 11.2. The van der Waals surface area contributed by atoms with Crippen molar-refractivity contribution in [3.8, 4) is 0 Å². The average Bonchev–Trinajstić information content (AvgIpc) is 2.56. The van der Waals surface area contributed by atoms with E-state index in [0.29, 0.717) is 35.4 Å². The standard InChI is InChI=1S/C18H18FN3O/c1-2-22(11-13-7-3-5-9-15(13)19)12-17-20-16-10-6-4-8-14(16)18(23)21-17/h3-10H,2,11-12H2,1H3,(H,20,21,23). The van der Waals surface area contributed by atoms with Gasteiger partial charge in [0.1, 0.15) is 11.6 Å². The molecular weight excluding hydrogens is 293 g/mol. The van der Waals surface area contributed by atoms with Crippen molar-refractivity contribution in [1.29, 1.82) is 0 Å². The SMILES string of the molecule is CCN(Cc1nc2ccccc2c(=O)[nH]1)Cc1ccccc1F. The highest BCUT2D eigenvalue weighted by atomic mass is 19.1. The highest BCUT2D eigenvalue weighted by Gasteiger charge is 2.11. The number of rotatable bonds is 5. The van der Waals surface area contributed by atoms with Gasteiger partial charge in [-0.1, -0.05) is 37.3 Å². The molecular formula is C18H18FN3O. The first-order valence-corrected chi connectivity index (χ1v) is 7.61. The van der Waals surface area contributed by atoms with Crippen molar-refractivity contribution < 1.29 is 4.39 Å². The van der Waals surface area contributed by atoms with E-state index in [4.69, 9.17) is 0 Å². The summed E-state index contributed by atoms with van der Waals surface area (Å²) in [5.74, 6) is 0.373. The number of aromatic nitrogens is 2. The van der Waals surface area contributed by atoms with Gasteiger partial charge < -0.3 is 4.98 Å². The summed E-state index contributed by atoms with van der Waals surface area (Å²) in [6.45, 7) is 3.66. The normalized spacial score (nSPS) is 11.3. The zero-order chi connectivity index (χ0) is 16.2.